The third-order valence-electron chi connectivity index (χ3n) is 4.39. The number of benzene rings is 1. The summed E-state index contributed by atoms with van der Waals surface area (Å²) in [6.45, 7) is 5.14. The third kappa shape index (κ3) is 9.55. The van der Waals surface area contributed by atoms with Crippen LogP contribution in [0.4, 0.5) is 10.5 Å². The maximum atomic E-state index is 12.6. The molecule has 10 nitrogen and oxygen atoms in total. The van der Waals surface area contributed by atoms with Crippen molar-refractivity contribution in [2.24, 2.45) is 0 Å². The van der Waals surface area contributed by atoms with Gasteiger partial charge >= 0.3 is 18.0 Å². The van der Waals surface area contributed by atoms with Gasteiger partial charge in [0.25, 0.3) is 5.69 Å². The van der Waals surface area contributed by atoms with E-state index in [1.54, 1.807) is 20.8 Å². The van der Waals surface area contributed by atoms with Crippen LogP contribution < -0.4 is 10.1 Å². The lowest BCUT2D eigenvalue weighted by Gasteiger charge is -2.23. The number of amides is 1. The van der Waals surface area contributed by atoms with E-state index < -0.39 is 34.6 Å². The van der Waals surface area contributed by atoms with E-state index in [-0.39, 0.29) is 30.9 Å². The quantitative estimate of drug-likeness (QED) is 0.253. The molecular weight excluding hydrogens is 432 g/mol. The Morgan fingerprint density at radius 1 is 1.18 bits per heavy atom. The number of nitrogens with one attached hydrogen (secondary N) is 1. The zero-order valence-electron chi connectivity index (χ0n) is 18.9. The molecule has 0 spiro atoms. The van der Waals surface area contributed by atoms with Crippen molar-refractivity contribution in [2.75, 3.05) is 6.61 Å². The predicted octanol–water partition coefficient (Wildman–Crippen LogP) is 3.99. The highest BCUT2D eigenvalue weighted by atomic mass is 16.6. The second-order valence-electron chi connectivity index (χ2n) is 8.36. The number of ether oxygens (including phenoxy) is 3. The Balaban J connectivity index is 1.96. The first-order valence-corrected chi connectivity index (χ1v) is 10.5. The number of carbonyl (C=O) groups excluding carboxylic acids is 3. The number of rotatable bonds is 9. The lowest BCUT2D eigenvalue weighted by atomic mass is 10.1. The van der Waals surface area contributed by atoms with Crippen LogP contribution in [0, 0.1) is 10.1 Å². The Bertz CT molecular complexity index is 929. The highest BCUT2D eigenvalue weighted by Crippen LogP contribution is 2.18. The van der Waals surface area contributed by atoms with E-state index in [1.165, 1.54) is 24.3 Å². The van der Waals surface area contributed by atoms with E-state index in [0.29, 0.717) is 0 Å². The summed E-state index contributed by atoms with van der Waals surface area (Å²) < 4.78 is 15.7. The number of hydrogen-bond donors (Lipinski definition) is 1. The Labute approximate surface area is 191 Å². The second kappa shape index (κ2) is 11.8. The number of nitrogens with zero attached hydrogens (tertiary/aromatic N) is 1. The van der Waals surface area contributed by atoms with Gasteiger partial charge in [-0.3, -0.25) is 14.9 Å². The topological polar surface area (TPSA) is 134 Å². The second-order valence-corrected chi connectivity index (χ2v) is 8.36. The van der Waals surface area contributed by atoms with E-state index in [4.69, 9.17) is 14.2 Å². The average molecular weight is 460 g/mol. The highest BCUT2D eigenvalue weighted by Gasteiger charge is 2.27. The van der Waals surface area contributed by atoms with Gasteiger partial charge < -0.3 is 19.5 Å². The molecular formula is C23H28N2O8. The number of non-ortho nitro benzene ring substituents is 1. The molecule has 1 aromatic rings. The minimum atomic E-state index is -1.12. The van der Waals surface area contributed by atoms with Gasteiger partial charge in [-0.25, -0.2) is 9.59 Å². The van der Waals surface area contributed by atoms with Crippen molar-refractivity contribution in [1.82, 2.24) is 5.32 Å². The Morgan fingerprint density at radius 2 is 1.88 bits per heavy atom. The zero-order chi connectivity index (χ0) is 24.4. The normalized spacial score (nSPS) is 14.0. The predicted molar refractivity (Wildman–Crippen MR) is 119 cm³/mol. The SMILES string of the molecule is CC(C)(C)OC(=O)NC(CCC(=O)Oc1ccc([N+](=O)[O-])cc1)C(=O)OCC1=CC=CCC1. The Hall–Kier alpha value is -3.69. The lowest BCUT2D eigenvalue weighted by molar-refractivity contribution is -0.384. The molecule has 0 fully saturated rings. The number of nitro groups is 1. The third-order valence-corrected chi connectivity index (χ3v) is 4.39. The summed E-state index contributed by atoms with van der Waals surface area (Å²) in [7, 11) is 0. The molecule has 1 aromatic carbocycles. The summed E-state index contributed by atoms with van der Waals surface area (Å²) in [6.07, 6.45) is 6.29. The fourth-order valence-corrected chi connectivity index (χ4v) is 2.82. The molecule has 1 N–H and O–H groups in total. The monoisotopic (exact) mass is 460 g/mol. The van der Waals surface area contributed by atoms with Crippen LogP contribution in [-0.2, 0) is 19.1 Å². The Kier molecular flexibility index (Phi) is 9.14. The summed E-state index contributed by atoms with van der Waals surface area (Å²) in [5.41, 5.74) is 0.0364. The number of hydrogen-bond acceptors (Lipinski definition) is 8. The molecule has 0 heterocycles. The van der Waals surface area contributed by atoms with E-state index in [2.05, 4.69) is 5.32 Å². The maximum absolute atomic E-state index is 12.6. The molecule has 178 valence electrons. The molecule has 1 aliphatic rings. The van der Waals surface area contributed by atoms with Crippen molar-refractivity contribution >= 4 is 23.7 Å². The van der Waals surface area contributed by atoms with Gasteiger partial charge in [-0.05, 0) is 57.7 Å². The first kappa shape index (κ1) is 25.6. The first-order chi connectivity index (χ1) is 15.5. The van der Waals surface area contributed by atoms with Crippen molar-refractivity contribution in [3.05, 3.63) is 58.2 Å². The minimum absolute atomic E-state index is 0.0805. The fourth-order valence-electron chi connectivity index (χ4n) is 2.82. The van der Waals surface area contributed by atoms with Crippen LogP contribution in [-0.4, -0.2) is 41.2 Å². The maximum Gasteiger partial charge on any atom is 0.408 e. The number of esters is 2. The van der Waals surface area contributed by atoms with Gasteiger partial charge in [-0.1, -0.05) is 18.2 Å². The summed E-state index contributed by atoms with van der Waals surface area (Å²) >= 11 is 0. The van der Waals surface area contributed by atoms with Crippen molar-refractivity contribution in [1.29, 1.82) is 0 Å². The largest absolute Gasteiger partial charge is 0.460 e. The molecule has 1 aliphatic carbocycles. The van der Waals surface area contributed by atoms with E-state index in [0.717, 1.165) is 18.4 Å². The van der Waals surface area contributed by atoms with Crippen LogP contribution in [0.15, 0.2) is 48.1 Å². The van der Waals surface area contributed by atoms with Gasteiger partial charge in [-0.2, -0.15) is 0 Å². The zero-order valence-corrected chi connectivity index (χ0v) is 18.9. The van der Waals surface area contributed by atoms with Gasteiger partial charge in [0.15, 0.2) is 0 Å². The number of nitro benzene ring substituents is 1. The van der Waals surface area contributed by atoms with Gasteiger partial charge in [0, 0.05) is 18.6 Å². The van der Waals surface area contributed by atoms with Gasteiger partial charge in [0.05, 0.1) is 4.92 Å². The first-order valence-electron chi connectivity index (χ1n) is 10.5. The average Bonchev–Trinajstić information content (AvgIpc) is 2.74. The Morgan fingerprint density at radius 3 is 2.45 bits per heavy atom. The summed E-state index contributed by atoms with van der Waals surface area (Å²) in [5, 5.41) is 13.2. The van der Waals surface area contributed by atoms with Crippen LogP contribution in [0.25, 0.3) is 0 Å². The number of alkyl carbamates (subject to hydrolysis) is 1. The smallest absolute Gasteiger partial charge is 0.408 e. The lowest BCUT2D eigenvalue weighted by Crippen LogP contribution is -2.44. The molecule has 10 heteroatoms. The molecule has 0 bridgehead atoms. The molecule has 1 amide bonds. The van der Waals surface area contributed by atoms with Crippen molar-refractivity contribution in [2.45, 2.75) is 58.1 Å². The van der Waals surface area contributed by atoms with Gasteiger partial charge in [-0.15, -0.1) is 0 Å². The number of allylic oxidation sites excluding steroid dienone is 3. The highest BCUT2D eigenvalue weighted by molar-refractivity contribution is 5.82. The van der Waals surface area contributed by atoms with Gasteiger partial charge in [0.1, 0.15) is 24.0 Å². The van der Waals surface area contributed by atoms with Crippen LogP contribution in [0.1, 0.15) is 46.5 Å². The molecule has 1 unspecified atom stereocenters. The summed E-state index contributed by atoms with van der Waals surface area (Å²) in [4.78, 5) is 47.1. The molecule has 1 atom stereocenters. The van der Waals surface area contributed by atoms with Crippen LogP contribution in [0.3, 0.4) is 0 Å². The molecule has 2 rings (SSSR count). The van der Waals surface area contributed by atoms with Crippen LogP contribution >= 0.6 is 0 Å². The van der Waals surface area contributed by atoms with Crippen molar-refractivity contribution < 1.29 is 33.5 Å². The van der Waals surface area contributed by atoms with E-state index in [9.17, 15) is 24.5 Å². The van der Waals surface area contributed by atoms with E-state index in [1.807, 2.05) is 18.2 Å². The van der Waals surface area contributed by atoms with E-state index >= 15 is 0 Å². The standard InChI is InChI=1S/C23H28N2O8/c1-23(2,3)33-22(28)24-19(21(27)31-15-16-7-5-4-6-8-16)13-14-20(26)32-18-11-9-17(10-12-18)25(29)30/h4-5,7,9-12,19H,6,8,13-15H2,1-3H3,(H,24,28). The molecule has 0 saturated heterocycles. The van der Waals surface area contributed by atoms with Crippen molar-refractivity contribution in [3.63, 3.8) is 0 Å². The van der Waals surface area contributed by atoms with Crippen molar-refractivity contribution in [3.8, 4) is 5.75 Å². The van der Waals surface area contributed by atoms with Crippen LogP contribution in [0.2, 0.25) is 0 Å². The van der Waals surface area contributed by atoms with Crippen LogP contribution in [0.5, 0.6) is 5.75 Å². The summed E-state index contributed by atoms with van der Waals surface area (Å²) in [6, 6.07) is 3.90. The fraction of sp³-hybridized carbons (Fsp3) is 0.435. The molecule has 0 aromatic heterocycles. The molecule has 0 saturated carbocycles. The number of carbonyl (C=O) groups is 3. The minimum Gasteiger partial charge on any atom is -0.460 e. The molecule has 0 radical (unpaired) electrons. The van der Waals surface area contributed by atoms with Gasteiger partial charge in [0.2, 0.25) is 0 Å². The molecule has 33 heavy (non-hydrogen) atoms. The summed E-state index contributed by atoms with van der Waals surface area (Å²) in [5.74, 6) is -1.24. The molecule has 0 aliphatic heterocycles.